The van der Waals surface area contributed by atoms with Crippen LogP contribution < -0.4 is 0 Å². The van der Waals surface area contributed by atoms with Crippen molar-refractivity contribution in [3.8, 4) is 0 Å². The first-order valence-corrected chi connectivity index (χ1v) is 3.15. The average molecular weight is 98.2 g/mol. The van der Waals surface area contributed by atoms with Crippen LogP contribution in [-0.2, 0) is 0 Å². The zero-order chi connectivity index (χ0) is 4.91. The number of quaternary nitrogens is 1. The molecule has 0 N–H and O–H groups in total. The zero-order valence-corrected chi connectivity index (χ0v) is 4.85. The molecule has 0 amide bonds. The Bertz CT molecular complexity index is 90.4. The highest BCUT2D eigenvalue weighted by atomic mass is 15.5. The second-order valence-electron chi connectivity index (χ2n) is 3.16. The molecule has 2 aliphatic rings. The summed E-state index contributed by atoms with van der Waals surface area (Å²) in [6, 6.07) is 1.10. The monoisotopic (exact) mass is 98.1 g/mol. The highest BCUT2D eigenvalue weighted by molar-refractivity contribution is 4.78. The van der Waals surface area contributed by atoms with Crippen molar-refractivity contribution in [2.75, 3.05) is 20.1 Å². The van der Waals surface area contributed by atoms with E-state index >= 15 is 0 Å². The van der Waals surface area contributed by atoms with Crippen molar-refractivity contribution in [1.82, 2.24) is 0 Å². The first-order chi connectivity index (χ1) is 3.31. The van der Waals surface area contributed by atoms with E-state index in [9.17, 15) is 0 Å². The summed E-state index contributed by atoms with van der Waals surface area (Å²) in [6.07, 6.45) is 3.02. The lowest BCUT2D eigenvalue weighted by molar-refractivity contribution is -0.789. The molecule has 1 heteroatoms. The third-order valence-electron chi connectivity index (χ3n) is 2.36. The lowest BCUT2D eigenvalue weighted by Crippen LogP contribution is -2.21. The van der Waals surface area contributed by atoms with Gasteiger partial charge in [0.1, 0.15) is 13.1 Å². The third kappa shape index (κ3) is 0.480. The maximum Gasteiger partial charge on any atom is 0.129 e. The molecule has 0 aromatic heterocycles. The molecular weight excluding hydrogens is 86.1 g/mol. The fourth-order valence-electron chi connectivity index (χ4n) is 1.22. The Kier molecular flexibility index (Phi) is 0.487. The van der Waals surface area contributed by atoms with Crippen LogP contribution in [0.1, 0.15) is 12.8 Å². The molecule has 0 atom stereocenters. The van der Waals surface area contributed by atoms with Gasteiger partial charge in [-0.25, -0.2) is 0 Å². The lowest BCUT2D eigenvalue weighted by Gasteiger charge is -2.07. The molecule has 0 unspecified atom stereocenters. The van der Waals surface area contributed by atoms with Crippen molar-refractivity contribution in [1.29, 1.82) is 0 Å². The standard InChI is InChI=1S/C6H12N/c1-7(4-5-7)6-2-3-6/h6H,2-5H2,1H3/q+1. The smallest absolute Gasteiger partial charge is 0.129 e. The molecule has 0 aromatic rings. The molecule has 0 aromatic carbocycles. The predicted octanol–water partition coefficient (Wildman–Crippen LogP) is 0.609. The van der Waals surface area contributed by atoms with Crippen LogP contribution in [0, 0.1) is 0 Å². The summed E-state index contributed by atoms with van der Waals surface area (Å²) >= 11 is 0. The summed E-state index contributed by atoms with van der Waals surface area (Å²) in [6.45, 7) is 2.93. The van der Waals surface area contributed by atoms with Gasteiger partial charge in [-0.05, 0) is 0 Å². The molecule has 1 saturated carbocycles. The highest BCUT2D eigenvalue weighted by Gasteiger charge is 2.50. The maximum atomic E-state index is 2.37. The topological polar surface area (TPSA) is 0 Å². The summed E-state index contributed by atoms with van der Waals surface area (Å²) in [7, 11) is 2.37. The van der Waals surface area contributed by atoms with Crippen LogP contribution in [0.15, 0.2) is 0 Å². The number of nitrogens with zero attached hydrogens (tertiary/aromatic N) is 1. The van der Waals surface area contributed by atoms with Gasteiger partial charge in [0.25, 0.3) is 0 Å². The fourth-order valence-corrected chi connectivity index (χ4v) is 1.22. The van der Waals surface area contributed by atoms with E-state index in [1.165, 1.54) is 30.4 Å². The molecule has 7 heavy (non-hydrogen) atoms. The Labute approximate surface area is 44.5 Å². The van der Waals surface area contributed by atoms with Gasteiger partial charge < -0.3 is 4.48 Å². The predicted molar refractivity (Wildman–Crippen MR) is 28.9 cm³/mol. The average Bonchev–Trinajstić information content (AvgIpc) is 2.14. The number of likely N-dealkylation sites (N-methyl/N-ethyl adjacent to an activating group) is 1. The minimum atomic E-state index is 1.10. The summed E-state index contributed by atoms with van der Waals surface area (Å²) in [4.78, 5) is 0. The Morgan fingerprint density at radius 1 is 1.29 bits per heavy atom. The molecule has 1 aliphatic heterocycles. The Morgan fingerprint density at radius 3 is 2.00 bits per heavy atom. The Morgan fingerprint density at radius 2 is 1.86 bits per heavy atom. The van der Waals surface area contributed by atoms with Crippen LogP contribution in [0.3, 0.4) is 0 Å². The van der Waals surface area contributed by atoms with Crippen molar-refractivity contribution < 1.29 is 4.48 Å². The van der Waals surface area contributed by atoms with Gasteiger partial charge in [-0.15, -0.1) is 0 Å². The van der Waals surface area contributed by atoms with Crippen LogP contribution in [-0.4, -0.2) is 30.7 Å². The first kappa shape index (κ1) is 3.90. The number of rotatable bonds is 1. The van der Waals surface area contributed by atoms with Crippen LogP contribution >= 0.6 is 0 Å². The van der Waals surface area contributed by atoms with Crippen LogP contribution in [0.2, 0.25) is 0 Å². The van der Waals surface area contributed by atoms with E-state index in [0.29, 0.717) is 0 Å². The summed E-state index contributed by atoms with van der Waals surface area (Å²) < 4.78 is 1.42. The molecular formula is C6H12N+. The fraction of sp³-hybridized carbons (Fsp3) is 1.00. The van der Waals surface area contributed by atoms with E-state index in [2.05, 4.69) is 7.05 Å². The molecule has 1 aliphatic carbocycles. The van der Waals surface area contributed by atoms with Gasteiger partial charge >= 0.3 is 0 Å². The van der Waals surface area contributed by atoms with E-state index in [0.717, 1.165) is 6.04 Å². The second kappa shape index (κ2) is 0.873. The molecule has 2 fully saturated rings. The molecule has 2 rings (SSSR count). The van der Waals surface area contributed by atoms with Gasteiger partial charge in [0, 0.05) is 12.8 Å². The van der Waals surface area contributed by atoms with E-state index < -0.39 is 0 Å². The maximum absolute atomic E-state index is 2.37. The molecule has 0 bridgehead atoms. The van der Waals surface area contributed by atoms with Gasteiger partial charge in [0.05, 0.1) is 13.1 Å². The molecule has 40 valence electrons. The highest BCUT2D eigenvalue weighted by Crippen LogP contribution is 2.38. The second-order valence-corrected chi connectivity index (χ2v) is 3.16. The van der Waals surface area contributed by atoms with Crippen molar-refractivity contribution >= 4 is 0 Å². The quantitative estimate of drug-likeness (QED) is 0.333. The molecule has 1 nitrogen and oxygen atoms in total. The molecule has 0 spiro atoms. The third-order valence-corrected chi connectivity index (χ3v) is 2.36. The first-order valence-electron chi connectivity index (χ1n) is 3.15. The normalized spacial score (nSPS) is 35.6. The number of hydrogen-bond acceptors (Lipinski definition) is 0. The minimum Gasteiger partial charge on any atom is -0.314 e. The molecule has 0 radical (unpaired) electrons. The van der Waals surface area contributed by atoms with Crippen molar-refractivity contribution in [3.63, 3.8) is 0 Å². The minimum absolute atomic E-state index is 1.10. The van der Waals surface area contributed by atoms with E-state index in [4.69, 9.17) is 0 Å². The van der Waals surface area contributed by atoms with E-state index in [1.807, 2.05) is 0 Å². The van der Waals surface area contributed by atoms with E-state index in [-0.39, 0.29) is 0 Å². The van der Waals surface area contributed by atoms with Gasteiger partial charge in [0.15, 0.2) is 0 Å². The zero-order valence-electron chi connectivity index (χ0n) is 4.85. The van der Waals surface area contributed by atoms with Crippen LogP contribution in [0.5, 0.6) is 0 Å². The summed E-state index contributed by atoms with van der Waals surface area (Å²) in [5.74, 6) is 0. The van der Waals surface area contributed by atoms with E-state index in [1.54, 1.807) is 0 Å². The van der Waals surface area contributed by atoms with Crippen LogP contribution in [0.25, 0.3) is 0 Å². The van der Waals surface area contributed by atoms with Gasteiger partial charge in [0.2, 0.25) is 0 Å². The largest absolute Gasteiger partial charge is 0.314 e. The molecule has 1 saturated heterocycles. The van der Waals surface area contributed by atoms with Crippen molar-refractivity contribution in [3.05, 3.63) is 0 Å². The summed E-state index contributed by atoms with van der Waals surface area (Å²) in [5, 5.41) is 0. The van der Waals surface area contributed by atoms with Gasteiger partial charge in [-0.1, -0.05) is 0 Å². The Balaban J connectivity index is 2.04. The van der Waals surface area contributed by atoms with Crippen LogP contribution in [0.4, 0.5) is 0 Å². The van der Waals surface area contributed by atoms with Crippen molar-refractivity contribution in [2.45, 2.75) is 18.9 Å². The van der Waals surface area contributed by atoms with Crippen molar-refractivity contribution in [2.24, 2.45) is 0 Å². The van der Waals surface area contributed by atoms with Gasteiger partial charge in [-0.3, -0.25) is 0 Å². The number of hydrogen-bond donors (Lipinski definition) is 0. The summed E-state index contributed by atoms with van der Waals surface area (Å²) in [5.41, 5.74) is 0. The van der Waals surface area contributed by atoms with Gasteiger partial charge in [-0.2, -0.15) is 0 Å². The Hall–Kier alpha value is -0.0400. The molecule has 1 heterocycles. The SMILES string of the molecule is C[N+]1(C2CC2)CC1. The lowest BCUT2D eigenvalue weighted by atomic mass is 10.6.